The second kappa shape index (κ2) is 5.83. The molecule has 1 unspecified atom stereocenters. The van der Waals surface area contributed by atoms with Crippen LogP contribution >= 0.6 is 11.8 Å². The maximum absolute atomic E-state index is 12.8. The Bertz CT molecular complexity index is 712. The van der Waals surface area contributed by atoms with Crippen LogP contribution in [0.4, 0.5) is 0 Å². The van der Waals surface area contributed by atoms with Crippen LogP contribution in [0.2, 0.25) is 0 Å². The summed E-state index contributed by atoms with van der Waals surface area (Å²) in [5.41, 5.74) is 2.10. The van der Waals surface area contributed by atoms with Crippen LogP contribution in [0.1, 0.15) is 16.5 Å². The molecule has 5 heteroatoms. The third-order valence-corrected chi connectivity index (χ3v) is 6.83. The highest BCUT2D eigenvalue weighted by molar-refractivity contribution is 8.01. The summed E-state index contributed by atoms with van der Waals surface area (Å²) < 4.78 is 27.3. The van der Waals surface area contributed by atoms with Crippen molar-refractivity contribution in [1.29, 1.82) is 0 Å². The molecule has 21 heavy (non-hydrogen) atoms. The van der Waals surface area contributed by atoms with E-state index in [-0.39, 0.29) is 5.37 Å². The molecular formula is C16H17NO2S2. The van der Waals surface area contributed by atoms with Gasteiger partial charge < -0.3 is 0 Å². The van der Waals surface area contributed by atoms with E-state index in [4.69, 9.17) is 0 Å². The topological polar surface area (TPSA) is 37.4 Å². The average Bonchev–Trinajstić information content (AvgIpc) is 2.99. The van der Waals surface area contributed by atoms with Crippen LogP contribution < -0.4 is 0 Å². The number of hydrogen-bond donors (Lipinski definition) is 0. The number of aryl methyl sites for hydroxylation is 1. The molecule has 2 aromatic carbocycles. The Balaban J connectivity index is 1.96. The molecule has 0 aliphatic carbocycles. The van der Waals surface area contributed by atoms with Gasteiger partial charge >= 0.3 is 0 Å². The summed E-state index contributed by atoms with van der Waals surface area (Å²) in [5.74, 6) is 0.824. The van der Waals surface area contributed by atoms with E-state index < -0.39 is 10.0 Å². The number of nitrogens with zero attached hydrogens (tertiary/aromatic N) is 1. The van der Waals surface area contributed by atoms with E-state index in [0.717, 1.165) is 16.9 Å². The SMILES string of the molecule is Cc1ccc(S(=O)(=O)N2CCSC2c2ccccc2)cc1. The quantitative estimate of drug-likeness (QED) is 0.870. The predicted octanol–water partition coefficient (Wildman–Crippen LogP) is 3.43. The number of rotatable bonds is 3. The smallest absolute Gasteiger partial charge is 0.207 e. The van der Waals surface area contributed by atoms with Crippen molar-refractivity contribution in [2.45, 2.75) is 17.2 Å². The van der Waals surface area contributed by atoms with Gasteiger partial charge in [0, 0.05) is 12.3 Å². The first kappa shape index (κ1) is 14.6. The van der Waals surface area contributed by atoms with Crippen molar-refractivity contribution in [3.05, 3.63) is 65.7 Å². The zero-order chi connectivity index (χ0) is 14.9. The van der Waals surface area contributed by atoms with Gasteiger partial charge in [0.05, 0.1) is 10.3 Å². The van der Waals surface area contributed by atoms with Crippen molar-refractivity contribution in [3.8, 4) is 0 Å². The lowest BCUT2D eigenvalue weighted by Crippen LogP contribution is -2.30. The Labute approximate surface area is 130 Å². The summed E-state index contributed by atoms with van der Waals surface area (Å²) >= 11 is 1.68. The minimum Gasteiger partial charge on any atom is -0.207 e. The summed E-state index contributed by atoms with van der Waals surface area (Å²) in [5, 5.41) is -0.127. The van der Waals surface area contributed by atoms with Gasteiger partial charge in [0.2, 0.25) is 10.0 Å². The van der Waals surface area contributed by atoms with Crippen LogP contribution in [0.3, 0.4) is 0 Å². The van der Waals surface area contributed by atoms with E-state index in [1.807, 2.05) is 49.4 Å². The summed E-state index contributed by atoms with van der Waals surface area (Å²) in [6.07, 6.45) is 0. The van der Waals surface area contributed by atoms with Gasteiger partial charge in [0.25, 0.3) is 0 Å². The fourth-order valence-corrected chi connectivity index (χ4v) is 5.67. The molecule has 1 aliphatic rings. The summed E-state index contributed by atoms with van der Waals surface area (Å²) in [7, 11) is -3.44. The van der Waals surface area contributed by atoms with E-state index in [2.05, 4.69) is 0 Å². The minimum atomic E-state index is -3.44. The third-order valence-electron chi connectivity index (χ3n) is 3.56. The van der Waals surface area contributed by atoms with E-state index in [9.17, 15) is 8.42 Å². The zero-order valence-corrected chi connectivity index (χ0v) is 13.4. The molecule has 1 heterocycles. The molecule has 2 aromatic rings. The van der Waals surface area contributed by atoms with Crippen LogP contribution in [-0.4, -0.2) is 25.0 Å². The molecule has 0 saturated carbocycles. The van der Waals surface area contributed by atoms with Gasteiger partial charge in [-0.05, 0) is 24.6 Å². The number of hydrogen-bond acceptors (Lipinski definition) is 3. The van der Waals surface area contributed by atoms with Crippen LogP contribution in [0.25, 0.3) is 0 Å². The van der Waals surface area contributed by atoms with Crippen molar-refractivity contribution in [3.63, 3.8) is 0 Å². The monoisotopic (exact) mass is 319 g/mol. The van der Waals surface area contributed by atoms with Crippen LogP contribution in [0, 0.1) is 6.92 Å². The van der Waals surface area contributed by atoms with E-state index >= 15 is 0 Å². The Hall–Kier alpha value is -1.30. The van der Waals surface area contributed by atoms with Gasteiger partial charge in [-0.15, -0.1) is 11.8 Å². The van der Waals surface area contributed by atoms with E-state index in [1.165, 1.54) is 0 Å². The summed E-state index contributed by atoms with van der Waals surface area (Å²) in [6.45, 7) is 2.51. The molecule has 110 valence electrons. The first-order chi connectivity index (χ1) is 10.1. The fourth-order valence-electron chi connectivity index (χ4n) is 2.43. The molecule has 1 fully saturated rings. The number of benzene rings is 2. The summed E-state index contributed by atoms with van der Waals surface area (Å²) in [4.78, 5) is 0.372. The molecule has 0 aromatic heterocycles. The van der Waals surface area contributed by atoms with Crippen LogP contribution in [-0.2, 0) is 10.0 Å². The highest BCUT2D eigenvalue weighted by Gasteiger charge is 2.36. The normalized spacial score (nSPS) is 19.8. The van der Waals surface area contributed by atoms with Crippen LogP contribution in [0.15, 0.2) is 59.5 Å². The fraction of sp³-hybridized carbons (Fsp3) is 0.250. The van der Waals surface area contributed by atoms with Crippen molar-refractivity contribution in [2.24, 2.45) is 0 Å². The molecule has 3 nitrogen and oxygen atoms in total. The third kappa shape index (κ3) is 2.86. The Morgan fingerprint density at radius 3 is 2.38 bits per heavy atom. The molecular weight excluding hydrogens is 302 g/mol. The summed E-state index contributed by atoms with van der Waals surface area (Å²) in [6, 6.07) is 16.9. The molecule has 1 saturated heterocycles. The van der Waals surface area contributed by atoms with Gasteiger partial charge in [0.15, 0.2) is 0 Å². The number of thioether (sulfide) groups is 1. The lowest BCUT2D eigenvalue weighted by molar-refractivity contribution is 0.434. The second-order valence-corrected chi connectivity index (χ2v) is 8.14. The zero-order valence-electron chi connectivity index (χ0n) is 11.8. The first-order valence-electron chi connectivity index (χ1n) is 6.84. The Kier molecular flexibility index (Phi) is 4.06. The van der Waals surface area contributed by atoms with Crippen LogP contribution in [0.5, 0.6) is 0 Å². The molecule has 0 spiro atoms. The first-order valence-corrected chi connectivity index (χ1v) is 9.33. The molecule has 0 amide bonds. The molecule has 0 N–H and O–H groups in total. The molecule has 1 aliphatic heterocycles. The van der Waals surface area contributed by atoms with Gasteiger partial charge in [0.1, 0.15) is 0 Å². The van der Waals surface area contributed by atoms with Crippen molar-refractivity contribution in [1.82, 2.24) is 4.31 Å². The lowest BCUT2D eigenvalue weighted by Gasteiger charge is -2.23. The van der Waals surface area contributed by atoms with E-state index in [1.54, 1.807) is 28.2 Å². The molecule has 0 radical (unpaired) electrons. The van der Waals surface area contributed by atoms with Crippen molar-refractivity contribution in [2.75, 3.05) is 12.3 Å². The lowest BCUT2D eigenvalue weighted by atomic mass is 10.2. The van der Waals surface area contributed by atoms with Gasteiger partial charge in [-0.2, -0.15) is 4.31 Å². The van der Waals surface area contributed by atoms with Gasteiger partial charge in [-0.1, -0.05) is 48.0 Å². The Morgan fingerprint density at radius 2 is 1.71 bits per heavy atom. The minimum absolute atomic E-state index is 0.127. The maximum Gasteiger partial charge on any atom is 0.244 e. The maximum atomic E-state index is 12.8. The van der Waals surface area contributed by atoms with E-state index in [0.29, 0.717) is 11.4 Å². The molecule has 1 atom stereocenters. The highest BCUT2D eigenvalue weighted by Crippen LogP contribution is 2.41. The largest absolute Gasteiger partial charge is 0.244 e. The molecule has 0 bridgehead atoms. The van der Waals surface area contributed by atoms with Crippen molar-refractivity contribution >= 4 is 21.8 Å². The number of sulfonamides is 1. The predicted molar refractivity (Wildman–Crippen MR) is 86.7 cm³/mol. The van der Waals surface area contributed by atoms with Gasteiger partial charge in [-0.3, -0.25) is 0 Å². The van der Waals surface area contributed by atoms with Crippen molar-refractivity contribution < 1.29 is 8.42 Å². The van der Waals surface area contributed by atoms with Gasteiger partial charge in [-0.25, -0.2) is 8.42 Å². The Morgan fingerprint density at radius 1 is 1.05 bits per heavy atom. The second-order valence-electron chi connectivity index (χ2n) is 5.06. The standard InChI is InChI=1S/C16H17NO2S2/c1-13-7-9-15(10-8-13)21(18,19)17-11-12-20-16(17)14-5-3-2-4-6-14/h2-10,16H,11-12H2,1H3. The highest BCUT2D eigenvalue weighted by atomic mass is 32.2. The molecule has 3 rings (SSSR count). The average molecular weight is 319 g/mol.